The Balaban J connectivity index is 2.55. The number of hydrogen-bond acceptors (Lipinski definition) is 4. The van der Waals surface area contributed by atoms with Crippen molar-refractivity contribution in [2.75, 3.05) is 38.0 Å². The third kappa shape index (κ3) is 4.25. The molecule has 1 unspecified atom stereocenters. The molecule has 0 aliphatic carbocycles. The van der Waals surface area contributed by atoms with Gasteiger partial charge in [0, 0.05) is 18.3 Å². The van der Waals surface area contributed by atoms with Crippen LogP contribution in [0.1, 0.15) is 0 Å². The van der Waals surface area contributed by atoms with Crippen LogP contribution in [0.15, 0.2) is 0 Å². The number of hydrogen-bond donors (Lipinski definition) is 1. The molecule has 1 fully saturated rings. The van der Waals surface area contributed by atoms with E-state index in [1.165, 1.54) is 0 Å². The van der Waals surface area contributed by atoms with Crippen molar-refractivity contribution in [3.63, 3.8) is 0 Å². The van der Waals surface area contributed by atoms with E-state index in [0.29, 0.717) is 38.0 Å². The highest BCUT2D eigenvalue weighted by Crippen LogP contribution is 2.52. The number of halogens is 3. The Labute approximate surface area is 109 Å². The minimum Gasteiger partial charge on any atom is -0.626 e. The van der Waals surface area contributed by atoms with Crippen LogP contribution in [0.3, 0.4) is 0 Å². The number of rotatable bonds is 5. The number of nitrogens with one attached hydrogen (secondary N) is 1. The molecule has 0 aromatic rings. The average Bonchev–Trinajstić information content (AvgIpc) is 2.23. The maximum atomic E-state index is 12.3. The lowest BCUT2D eigenvalue weighted by Gasteiger charge is -2.40. The van der Waals surface area contributed by atoms with Crippen LogP contribution in [0.5, 0.6) is 0 Å². The van der Waals surface area contributed by atoms with Crippen molar-refractivity contribution in [2.24, 2.45) is 0 Å². The number of nitrogens with zero attached hydrogens (tertiary/aromatic N) is 1. The summed E-state index contributed by atoms with van der Waals surface area (Å²) in [6.07, 6.45) is 0. The second-order valence-corrected chi connectivity index (χ2v) is 7.34. The second kappa shape index (κ2) is 6.92. The van der Waals surface area contributed by atoms with Crippen molar-refractivity contribution < 1.29 is 9.42 Å². The molecule has 1 N–H and O–H groups in total. The second-order valence-electron chi connectivity index (χ2n) is 3.11. The van der Waals surface area contributed by atoms with E-state index in [1.807, 2.05) is 0 Å². The molecule has 0 spiro atoms. The SMILES string of the molecule is [O-][P+]1(N(CCCl)CCCl)NC[C@@H](Br)CO1. The van der Waals surface area contributed by atoms with Crippen LogP contribution in [0.25, 0.3) is 0 Å². The van der Waals surface area contributed by atoms with Crippen LogP contribution < -0.4 is 9.98 Å². The lowest BCUT2D eigenvalue weighted by atomic mass is 10.5. The maximum absolute atomic E-state index is 12.3. The summed E-state index contributed by atoms with van der Waals surface area (Å²) < 4.78 is 7.04. The highest BCUT2D eigenvalue weighted by molar-refractivity contribution is 9.09. The standard InChI is InChI=1S/C7H14BrCl2N2O2P/c8-7-5-11-15(13,14-6-7)12(3-1-9)4-2-10/h7H,1-6H2,(H,11,13)/t7-,15?/m1/s1. The molecule has 1 heterocycles. The molecule has 2 atom stereocenters. The third-order valence-electron chi connectivity index (χ3n) is 2.00. The Morgan fingerprint density at radius 3 is 2.47 bits per heavy atom. The summed E-state index contributed by atoms with van der Waals surface area (Å²) in [4.78, 5) is 12.5. The molecule has 1 aliphatic heterocycles. The van der Waals surface area contributed by atoms with E-state index in [9.17, 15) is 4.89 Å². The predicted octanol–water partition coefficient (Wildman–Crippen LogP) is 1.19. The maximum Gasteiger partial charge on any atom is 0.250 e. The molecule has 0 saturated carbocycles. The van der Waals surface area contributed by atoms with Gasteiger partial charge in [0.1, 0.15) is 6.61 Å². The van der Waals surface area contributed by atoms with Crippen LogP contribution in [0.2, 0.25) is 0 Å². The van der Waals surface area contributed by atoms with Gasteiger partial charge in [0.2, 0.25) is 8.02 Å². The minimum absolute atomic E-state index is 0.202. The lowest BCUT2D eigenvalue weighted by Crippen LogP contribution is -2.48. The first-order valence-electron chi connectivity index (χ1n) is 4.63. The molecule has 15 heavy (non-hydrogen) atoms. The predicted molar refractivity (Wildman–Crippen MR) is 66.6 cm³/mol. The molecule has 1 aliphatic rings. The van der Waals surface area contributed by atoms with Crippen LogP contribution in [0.4, 0.5) is 0 Å². The third-order valence-corrected chi connectivity index (χ3v) is 5.15. The fourth-order valence-electron chi connectivity index (χ4n) is 1.25. The topological polar surface area (TPSA) is 47.6 Å². The minimum atomic E-state index is -2.91. The van der Waals surface area contributed by atoms with Gasteiger partial charge in [-0.2, -0.15) is 5.09 Å². The Bertz CT molecular complexity index is 190. The van der Waals surface area contributed by atoms with Gasteiger partial charge in [-0.25, -0.2) is 4.52 Å². The van der Waals surface area contributed by atoms with E-state index in [-0.39, 0.29) is 4.83 Å². The number of alkyl halides is 3. The average molecular weight is 340 g/mol. The highest BCUT2D eigenvalue weighted by Gasteiger charge is 2.40. The summed E-state index contributed by atoms with van der Waals surface area (Å²) in [5.41, 5.74) is 0. The largest absolute Gasteiger partial charge is 0.626 e. The van der Waals surface area contributed by atoms with Crippen molar-refractivity contribution >= 4 is 47.1 Å². The zero-order chi connectivity index (χ0) is 11.3. The van der Waals surface area contributed by atoms with Crippen LogP contribution >= 0.6 is 47.1 Å². The summed E-state index contributed by atoms with van der Waals surface area (Å²) in [5, 5.41) is 2.91. The first-order chi connectivity index (χ1) is 7.12. The van der Waals surface area contributed by atoms with Gasteiger partial charge in [-0.15, -0.1) is 27.9 Å². The summed E-state index contributed by atoms with van der Waals surface area (Å²) in [6, 6.07) is 0. The van der Waals surface area contributed by atoms with Crippen LogP contribution in [0, 0.1) is 0 Å². The quantitative estimate of drug-likeness (QED) is 0.603. The van der Waals surface area contributed by atoms with E-state index in [4.69, 9.17) is 27.7 Å². The van der Waals surface area contributed by atoms with Gasteiger partial charge >= 0.3 is 0 Å². The van der Waals surface area contributed by atoms with Gasteiger partial charge in [0.25, 0.3) is 0 Å². The Kier molecular flexibility index (Phi) is 6.64. The van der Waals surface area contributed by atoms with Gasteiger partial charge in [-0.1, -0.05) is 15.9 Å². The smallest absolute Gasteiger partial charge is 0.250 e. The normalized spacial score (nSPS) is 32.2. The van der Waals surface area contributed by atoms with E-state index in [1.54, 1.807) is 4.67 Å². The fourth-order valence-corrected chi connectivity index (χ4v) is 4.66. The molecule has 8 heteroatoms. The molecule has 0 aromatic heterocycles. The van der Waals surface area contributed by atoms with Gasteiger partial charge in [0.15, 0.2) is 0 Å². The lowest BCUT2D eigenvalue weighted by molar-refractivity contribution is -0.212. The molecule has 0 amide bonds. The van der Waals surface area contributed by atoms with E-state index in [2.05, 4.69) is 21.0 Å². The van der Waals surface area contributed by atoms with Gasteiger partial charge in [-0.05, 0) is 0 Å². The summed E-state index contributed by atoms with van der Waals surface area (Å²) >= 11 is 14.7. The zero-order valence-electron chi connectivity index (χ0n) is 8.16. The van der Waals surface area contributed by atoms with Crippen molar-refractivity contribution in [1.29, 1.82) is 0 Å². The zero-order valence-corrected chi connectivity index (χ0v) is 12.2. The first kappa shape index (κ1) is 14.4. The fraction of sp³-hybridized carbons (Fsp3) is 1.00. The molecule has 1 saturated heterocycles. The Morgan fingerprint density at radius 1 is 1.47 bits per heavy atom. The Hall–Kier alpha value is 1.33. The molecule has 0 radical (unpaired) electrons. The first-order valence-corrected chi connectivity index (χ1v) is 8.19. The molecule has 4 nitrogen and oxygen atoms in total. The van der Waals surface area contributed by atoms with Crippen molar-refractivity contribution in [1.82, 2.24) is 9.76 Å². The molecule has 90 valence electrons. The molecule has 0 bridgehead atoms. The van der Waals surface area contributed by atoms with Crippen LogP contribution in [-0.2, 0) is 4.52 Å². The summed E-state index contributed by atoms with van der Waals surface area (Å²) in [6.45, 7) is 2.07. The molecule has 1 rings (SSSR count). The van der Waals surface area contributed by atoms with Gasteiger partial charge < -0.3 is 4.89 Å². The molecular weight excluding hydrogens is 326 g/mol. The van der Waals surface area contributed by atoms with Crippen molar-refractivity contribution in [3.8, 4) is 0 Å². The van der Waals surface area contributed by atoms with E-state index >= 15 is 0 Å². The van der Waals surface area contributed by atoms with Gasteiger partial charge in [-0.3, -0.25) is 0 Å². The summed E-state index contributed by atoms with van der Waals surface area (Å²) in [7, 11) is -2.91. The van der Waals surface area contributed by atoms with Gasteiger partial charge in [0.05, 0.1) is 17.9 Å². The van der Waals surface area contributed by atoms with E-state index in [0.717, 1.165) is 0 Å². The molecular formula is C7H14BrCl2N2O2P. The van der Waals surface area contributed by atoms with Crippen LogP contribution in [-0.4, -0.2) is 47.5 Å². The van der Waals surface area contributed by atoms with Crippen molar-refractivity contribution in [3.05, 3.63) is 0 Å². The Morgan fingerprint density at radius 2 is 2.07 bits per heavy atom. The molecule has 0 aromatic carbocycles. The van der Waals surface area contributed by atoms with Crippen molar-refractivity contribution in [2.45, 2.75) is 4.83 Å². The highest BCUT2D eigenvalue weighted by atomic mass is 79.9. The summed E-state index contributed by atoms with van der Waals surface area (Å²) in [5.74, 6) is 0.813. The monoisotopic (exact) mass is 338 g/mol. The van der Waals surface area contributed by atoms with E-state index < -0.39 is 8.02 Å².